The highest BCUT2D eigenvalue weighted by molar-refractivity contribution is 7.99. The van der Waals surface area contributed by atoms with E-state index in [9.17, 15) is 0 Å². The van der Waals surface area contributed by atoms with Crippen molar-refractivity contribution in [1.82, 2.24) is 35.0 Å². The van der Waals surface area contributed by atoms with E-state index >= 15 is 0 Å². The minimum Gasteiger partial charge on any atom is -0.493 e. The molecule has 9 nitrogen and oxygen atoms in total. The second kappa shape index (κ2) is 8.79. The summed E-state index contributed by atoms with van der Waals surface area (Å²) in [6.45, 7) is 7.59. The van der Waals surface area contributed by atoms with Crippen molar-refractivity contribution < 1.29 is 4.74 Å². The quantitative estimate of drug-likeness (QED) is 0.350. The average molecular weight is 451 g/mol. The summed E-state index contributed by atoms with van der Waals surface area (Å²) in [5, 5.41) is 11.5. The molecule has 3 aromatic heterocycles. The van der Waals surface area contributed by atoms with E-state index in [1.807, 2.05) is 6.07 Å². The lowest BCUT2D eigenvalue weighted by Gasteiger charge is -2.13. The number of nitrogen functional groups attached to an aromatic ring is 1. The van der Waals surface area contributed by atoms with Crippen molar-refractivity contribution in [3.8, 4) is 17.0 Å². The van der Waals surface area contributed by atoms with Crippen molar-refractivity contribution in [3.63, 3.8) is 0 Å². The highest BCUT2D eigenvalue weighted by atomic mass is 32.2. The van der Waals surface area contributed by atoms with Crippen molar-refractivity contribution in [1.29, 1.82) is 0 Å². The molecule has 0 unspecified atom stereocenters. The largest absolute Gasteiger partial charge is 0.493 e. The molecule has 4 N–H and O–H groups in total. The van der Waals surface area contributed by atoms with Gasteiger partial charge in [0.2, 0.25) is 0 Å². The minimum absolute atomic E-state index is 0.386. The summed E-state index contributed by atoms with van der Waals surface area (Å²) in [7, 11) is 0. The topological polar surface area (TPSA) is 120 Å². The van der Waals surface area contributed by atoms with Crippen molar-refractivity contribution >= 4 is 28.7 Å². The maximum Gasteiger partial charge on any atom is 0.175 e. The zero-order valence-electron chi connectivity index (χ0n) is 18.1. The third kappa shape index (κ3) is 4.03. The zero-order chi connectivity index (χ0) is 22.1. The Kier molecular flexibility index (Phi) is 5.71. The van der Waals surface area contributed by atoms with Gasteiger partial charge in [0.25, 0.3) is 0 Å². The first kappa shape index (κ1) is 20.8. The van der Waals surface area contributed by atoms with Crippen LogP contribution in [-0.4, -0.2) is 49.4 Å². The first-order chi connectivity index (χ1) is 15.6. The number of aromatic nitrogens is 6. The standard InChI is InChI=1S/C22H26N8OS/c1-13(2)11-24-6-7-30-21-19(20(23)25-12-26-21)28-22(30)32-18-10-17-14(4-8-31-17)9-15(18)16-3-5-27-29-16/h3,5,9-10,12-13,24H,4,6-8,11H2,1-2H3,(H,27,29)(H2,23,25,26). The third-order valence-corrected chi connectivity index (χ3v) is 6.43. The van der Waals surface area contributed by atoms with Gasteiger partial charge in [-0.3, -0.25) is 5.10 Å². The monoisotopic (exact) mass is 450 g/mol. The summed E-state index contributed by atoms with van der Waals surface area (Å²) < 4.78 is 7.95. The van der Waals surface area contributed by atoms with Gasteiger partial charge in [-0.1, -0.05) is 25.6 Å². The molecule has 0 amide bonds. The van der Waals surface area contributed by atoms with Gasteiger partial charge in [-0.25, -0.2) is 15.0 Å². The number of nitrogens with zero attached hydrogens (tertiary/aromatic N) is 5. The summed E-state index contributed by atoms with van der Waals surface area (Å²) in [6, 6.07) is 6.26. The average Bonchev–Trinajstić information content (AvgIpc) is 3.51. The van der Waals surface area contributed by atoms with E-state index in [0.29, 0.717) is 23.9 Å². The fraction of sp³-hybridized carbons (Fsp3) is 0.364. The fourth-order valence-corrected chi connectivity index (χ4v) is 4.87. The van der Waals surface area contributed by atoms with Gasteiger partial charge in [0.1, 0.15) is 12.1 Å². The molecule has 0 saturated carbocycles. The maximum atomic E-state index is 6.12. The van der Waals surface area contributed by atoms with Gasteiger partial charge in [-0.05, 0) is 36.2 Å². The molecule has 0 aliphatic carbocycles. The summed E-state index contributed by atoms with van der Waals surface area (Å²) in [6.07, 6.45) is 4.16. The predicted molar refractivity (Wildman–Crippen MR) is 125 cm³/mol. The van der Waals surface area contributed by atoms with Crippen molar-refractivity contribution in [2.45, 2.75) is 36.9 Å². The molecule has 0 atom stereocenters. The minimum atomic E-state index is 0.386. The Bertz CT molecular complexity index is 1230. The number of anilines is 1. The molecule has 4 heterocycles. The summed E-state index contributed by atoms with van der Waals surface area (Å²) in [5.74, 6) is 1.90. The molecule has 0 fully saturated rings. The van der Waals surface area contributed by atoms with Gasteiger partial charge >= 0.3 is 0 Å². The number of benzene rings is 1. The Balaban J connectivity index is 1.54. The van der Waals surface area contributed by atoms with Gasteiger partial charge in [-0.15, -0.1) is 0 Å². The van der Waals surface area contributed by atoms with Crippen LogP contribution in [0.5, 0.6) is 5.75 Å². The van der Waals surface area contributed by atoms with Crippen LogP contribution < -0.4 is 15.8 Å². The lowest BCUT2D eigenvalue weighted by atomic mass is 10.1. The number of imidazole rings is 1. The van der Waals surface area contributed by atoms with Crippen molar-refractivity contribution in [2.75, 3.05) is 25.4 Å². The molecule has 32 heavy (non-hydrogen) atoms. The van der Waals surface area contributed by atoms with Crippen molar-refractivity contribution in [2.24, 2.45) is 5.92 Å². The van der Waals surface area contributed by atoms with Crippen LogP contribution in [0, 0.1) is 5.92 Å². The Morgan fingerprint density at radius 3 is 3.03 bits per heavy atom. The molecule has 10 heteroatoms. The van der Waals surface area contributed by atoms with Crippen LogP contribution in [0.15, 0.2) is 40.8 Å². The third-order valence-electron chi connectivity index (χ3n) is 5.37. The van der Waals surface area contributed by atoms with E-state index in [1.54, 1.807) is 18.0 Å². The van der Waals surface area contributed by atoms with Crippen LogP contribution in [-0.2, 0) is 13.0 Å². The number of hydrogen-bond acceptors (Lipinski definition) is 8. The Morgan fingerprint density at radius 2 is 2.22 bits per heavy atom. The smallest absolute Gasteiger partial charge is 0.175 e. The Morgan fingerprint density at radius 1 is 1.31 bits per heavy atom. The first-order valence-electron chi connectivity index (χ1n) is 10.7. The molecule has 166 valence electrons. The van der Waals surface area contributed by atoms with Crippen LogP contribution in [0.4, 0.5) is 5.82 Å². The van der Waals surface area contributed by atoms with Gasteiger partial charge in [0, 0.05) is 36.2 Å². The number of nitrogens with one attached hydrogen (secondary N) is 2. The number of ether oxygens (including phenoxy) is 1. The van der Waals surface area contributed by atoms with E-state index in [0.717, 1.165) is 58.8 Å². The Hall–Kier alpha value is -3.11. The van der Waals surface area contributed by atoms with Crippen LogP contribution >= 0.6 is 11.8 Å². The molecule has 0 spiro atoms. The van der Waals surface area contributed by atoms with Crippen LogP contribution in [0.1, 0.15) is 19.4 Å². The molecule has 4 aromatic rings. The highest BCUT2D eigenvalue weighted by Crippen LogP contribution is 2.41. The fourth-order valence-electron chi connectivity index (χ4n) is 3.80. The van der Waals surface area contributed by atoms with Crippen LogP contribution in [0.2, 0.25) is 0 Å². The predicted octanol–water partition coefficient (Wildman–Crippen LogP) is 3.13. The second-order valence-corrected chi connectivity index (χ2v) is 9.21. The molecule has 1 aromatic carbocycles. The highest BCUT2D eigenvalue weighted by Gasteiger charge is 2.21. The number of aromatic amines is 1. The molecule has 0 radical (unpaired) electrons. The molecule has 0 saturated heterocycles. The van der Waals surface area contributed by atoms with E-state index in [2.05, 4.69) is 56.0 Å². The number of nitrogens with two attached hydrogens (primary N) is 1. The summed E-state index contributed by atoms with van der Waals surface area (Å²) in [4.78, 5) is 14.5. The SMILES string of the molecule is CC(C)CNCCn1c(Sc2cc3c(cc2-c2ccn[nH]2)CCO3)nc2c(N)ncnc21. The maximum absolute atomic E-state index is 6.12. The molecular weight excluding hydrogens is 424 g/mol. The molecule has 1 aliphatic heterocycles. The molecule has 1 aliphatic rings. The lowest BCUT2D eigenvalue weighted by molar-refractivity contribution is 0.356. The molecule has 5 rings (SSSR count). The van der Waals surface area contributed by atoms with E-state index in [1.165, 1.54) is 11.9 Å². The number of rotatable bonds is 8. The zero-order valence-corrected chi connectivity index (χ0v) is 18.9. The van der Waals surface area contributed by atoms with Gasteiger partial charge in [0.05, 0.1) is 12.3 Å². The van der Waals surface area contributed by atoms with E-state index in [-0.39, 0.29) is 0 Å². The normalized spacial score (nSPS) is 13.1. The summed E-state index contributed by atoms with van der Waals surface area (Å²) >= 11 is 1.58. The van der Waals surface area contributed by atoms with Crippen LogP contribution in [0.25, 0.3) is 22.4 Å². The van der Waals surface area contributed by atoms with Crippen molar-refractivity contribution in [3.05, 3.63) is 36.3 Å². The van der Waals surface area contributed by atoms with E-state index < -0.39 is 0 Å². The molecular formula is C22H26N8OS. The number of H-pyrrole nitrogens is 1. The van der Waals surface area contributed by atoms with E-state index in [4.69, 9.17) is 15.5 Å². The first-order valence-corrected chi connectivity index (χ1v) is 11.6. The number of fused-ring (bicyclic) bond motifs is 2. The van der Waals surface area contributed by atoms with Crippen LogP contribution in [0.3, 0.4) is 0 Å². The second-order valence-electron chi connectivity index (χ2n) is 8.20. The Labute approximate surface area is 190 Å². The lowest BCUT2D eigenvalue weighted by Crippen LogP contribution is -2.24. The summed E-state index contributed by atoms with van der Waals surface area (Å²) in [5.41, 5.74) is 10.7. The molecule has 0 bridgehead atoms. The van der Waals surface area contributed by atoms with Gasteiger partial charge < -0.3 is 20.4 Å². The number of hydrogen-bond donors (Lipinski definition) is 3. The van der Waals surface area contributed by atoms with Gasteiger partial charge in [0.15, 0.2) is 22.1 Å². The van der Waals surface area contributed by atoms with Gasteiger partial charge in [-0.2, -0.15) is 5.10 Å².